The van der Waals surface area contributed by atoms with E-state index in [1.165, 1.54) is 19.1 Å². The van der Waals surface area contributed by atoms with Crippen molar-refractivity contribution in [3.8, 4) is 23.8 Å². The van der Waals surface area contributed by atoms with Crippen LogP contribution in [-0.4, -0.2) is 57.8 Å². The van der Waals surface area contributed by atoms with E-state index in [0.717, 1.165) is 23.8 Å². The Labute approximate surface area is 205 Å². The Morgan fingerprint density at radius 3 is 2.78 bits per heavy atom. The number of aliphatic hydroxyl groups is 1. The lowest BCUT2D eigenvalue weighted by Crippen LogP contribution is -2.43. The molecule has 1 saturated heterocycles. The zero-order chi connectivity index (χ0) is 26.5. The number of para-hydroxylation sites is 2. The van der Waals surface area contributed by atoms with Crippen LogP contribution in [0.2, 0.25) is 0 Å². The van der Waals surface area contributed by atoms with E-state index < -0.39 is 55.5 Å². The number of hydrogen-bond acceptors (Lipinski definition) is 10. The van der Waals surface area contributed by atoms with Gasteiger partial charge in [-0.3, -0.25) is 18.9 Å². The van der Waals surface area contributed by atoms with Gasteiger partial charge in [0.15, 0.2) is 30.3 Å². The molecule has 2 N–H and O–H groups in total. The molecule has 6 atom stereocenters. The van der Waals surface area contributed by atoms with E-state index in [-0.39, 0.29) is 24.7 Å². The molecule has 2 heterocycles. The SMILES string of the molecule is C#CCOC(=O)[C@H](C)N=[P+]([O-])Oc1ccccc1OC[C@H]1O[C@@H](n2ccc(=O)[nH]c2=O)[C@](C)(F)[C@@H]1O. The molecule has 0 saturated carbocycles. The van der Waals surface area contributed by atoms with Crippen molar-refractivity contribution < 1.29 is 37.9 Å². The van der Waals surface area contributed by atoms with Gasteiger partial charge in [-0.15, -0.1) is 6.42 Å². The molecule has 0 radical (unpaired) electrons. The molecule has 36 heavy (non-hydrogen) atoms. The van der Waals surface area contributed by atoms with E-state index in [4.69, 9.17) is 25.2 Å². The third kappa shape index (κ3) is 6.16. The summed E-state index contributed by atoms with van der Waals surface area (Å²) in [6.07, 6.45) is 1.62. The first-order chi connectivity index (χ1) is 17.0. The Kier molecular flexibility index (Phi) is 8.60. The van der Waals surface area contributed by atoms with Gasteiger partial charge in [0.1, 0.15) is 18.8 Å². The van der Waals surface area contributed by atoms with E-state index in [1.807, 2.05) is 4.98 Å². The van der Waals surface area contributed by atoms with Gasteiger partial charge in [-0.1, -0.05) is 22.8 Å². The largest absolute Gasteiger partial charge is 0.575 e. The molecule has 14 heteroatoms. The number of terminal acetylenes is 1. The van der Waals surface area contributed by atoms with Crippen molar-refractivity contribution in [2.45, 2.75) is 44.0 Å². The first kappa shape index (κ1) is 27.0. The van der Waals surface area contributed by atoms with Gasteiger partial charge in [0, 0.05) is 12.3 Å². The third-order valence-electron chi connectivity index (χ3n) is 5.16. The van der Waals surface area contributed by atoms with Gasteiger partial charge in [0.2, 0.25) is 5.75 Å². The summed E-state index contributed by atoms with van der Waals surface area (Å²) in [6, 6.07) is 5.95. The van der Waals surface area contributed by atoms with Crippen LogP contribution in [0.3, 0.4) is 0 Å². The Hall–Kier alpha value is -3.56. The van der Waals surface area contributed by atoms with Crippen LogP contribution >= 0.6 is 8.17 Å². The fraction of sp³-hybridized carbons (Fsp3) is 0.409. The topological polar surface area (TPSA) is 164 Å². The molecule has 12 nitrogen and oxygen atoms in total. The lowest BCUT2D eigenvalue weighted by molar-refractivity contribution is -0.169. The summed E-state index contributed by atoms with van der Waals surface area (Å²) in [5.74, 6) is 1.42. The first-order valence-electron chi connectivity index (χ1n) is 10.6. The summed E-state index contributed by atoms with van der Waals surface area (Å²) in [7, 11) is -2.71. The number of aliphatic hydroxyl groups excluding tert-OH is 1. The summed E-state index contributed by atoms with van der Waals surface area (Å²) in [4.78, 5) is 49.4. The number of alkyl halides is 1. The number of ether oxygens (including phenoxy) is 3. The highest BCUT2D eigenvalue weighted by molar-refractivity contribution is 7.34. The number of halogens is 1. The summed E-state index contributed by atoms with van der Waals surface area (Å²) in [5.41, 5.74) is -3.98. The normalized spacial score (nSPS) is 24.6. The van der Waals surface area contributed by atoms with Crippen LogP contribution in [0.15, 0.2) is 50.9 Å². The monoisotopic (exact) mass is 523 g/mol. The number of nitrogens with zero attached hydrogens (tertiary/aromatic N) is 2. The number of carbonyl (C=O) groups is 1. The molecule has 1 aromatic heterocycles. The van der Waals surface area contributed by atoms with E-state index in [0.29, 0.717) is 0 Å². The quantitative estimate of drug-likeness (QED) is 0.269. The van der Waals surface area contributed by atoms with Gasteiger partial charge in [0.05, 0.1) is 0 Å². The van der Waals surface area contributed by atoms with E-state index in [9.17, 15) is 24.4 Å². The highest BCUT2D eigenvalue weighted by Gasteiger charge is 2.55. The van der Waals surface area contributed by atoms with Crippen molar-refractivity contribution in [1.82, 2.24) is 9.55 Å². The molecule has 0 amide bonds. The second-order valence-electron chi connectivity index (χ2n) is 7.83. The van der Waals surface area contributed by atoms with Gasteiger partial charge < -0.3 is 24.2 Å². The number of esters is 1. The number of hydrogen-bond donors (Lipinski definition) is 2. The van der Waals surface area contributed by atoms with Gasteiger partial charge >= 0.3 is 19.8 Å². The molecule has 0 spiro atoms. The van der Waals surface area contributed by atoms with Crippen LogP contribution < -0.4 is 25.4 Å². The molecule has 3 rings (SSSR count). The van der Waals surface area contributed by atoms with Crippen molar-refractivity contribution in [2.24, 2.45) is 4.74 Å². The number of H-pyrrole nitrogens is 1. The highest BCUT2D eigenvalue weighted by Crippen LogP contribution is 2.41. The molecule has 1 unspecified atom stereocenters. The zero-order valence-corrected chi connectivity index (χ0v) is 20.1. The van der Waals surface area contributed by atoms with Crippen LogP contribution in [0, 0.1) is 12.3 Å². The van der Waals surface area contributed by atoms with Crippen molar-refractivity contribution in [3.05, 3.63) is 57.4 Å². The predicted molar refractivity (Wildman–Crippen MR) is 122 cm³/mol. The van der Waals surface area contributed by atoms with E-state index in [1.54, 1.807) is 12.1 Å². The highest BCUT2D eigenvalue weighted by atomic mass is 31.1. The Morgan fingerprint density at radius 2 is 2.11 bits per heavy atom. The third-order valence-corrected chi connectivity index (χ3v) is 6.04. The van der Waals surface area contributed by atoms with Gasteiger partial charge in [-0.2, -0.15) is 0 Å². The molecule has 2 aromatic rings. The molecule has 1 aromatic carbocycles. The van der Waals surface area contributed by atoms with E-state index >= 15 is 4.39 Å². The maximum Gasteiger partial charge on any atom is 0.395 e. The second kappa shape index (κ2) is 11.5. The first-order valence-corrected chi connectivity index (χ1v) is 11.7. The molecule has 1 aliphatic rings. The van der Waals surface area contributed by atoms with Crippen LogP contribution in [0.4, 0.5) is 4.39 Å². The van der Waals surface area contributed by atoms with Crippen molar-refractivity contribution >= 4 is 14.1 Å². The average Bonchev–Trinajstić information content (AvgIpc) is 3.05. The summed E-state index contributed by atoms with van der Waals surface area (Å²) in [6.45, 7) is 1.78. The number of carbonyl (C=O) groups excluding carboxylic acids is 1. The summed E-state index contributed by atoms with van der Waals surface area (Å²) < 4.78 is 41.0. The van der Waals surface area contributed by atoms with Crippen molar-refractivity contribution in [2.75, 3.05) is 13.2 Å². The van der Waals surface area contributed by atoms with Gasteiger partial charge in [-0.05, 0) is 26.0 Å². The number of aromatic amines is 1. The van der Waals surface area contributed by atoms with Gasteiger partial charge in [0.25, 0.3) is 5.56 Å². The molecular formula is C22H23FN3O9P. The number of benzene rings is 1. The van der Waals surface area contributed by atoms with Crippen molar-refractivity contribution in [1.29, 1.82) is 0 Å². The van der Waals surface area contributed by atoms with Crippen LogP contribution in [0.25, 0.3) is 0 Å². The average molecular weight is 523 g/mol. The Bertz CT molecular complexity index is 1290. The summed E-state index contributed by atoms with van der Waals surface area (Å²) in [5, 5.41) is 10.5. The van der Waals surface area contributed by atoms with Crippen LogP contribution in [0.1, 0.15) is 20.1 Å². The summed E-state index contributed by atoms with van der Waals surface area (Å²) >= 11 is 0. The van der Waals surface area contributed by atoms with Crippen molar-refractivity contribution in [3.63, 3.8) is 0 Å². The Balaban J connectivity index is 1.70. The minimum Gasteiger partial charge on any atom is -0.575 e. The lowest BCUT2D eigenvalue weighted by Gasteiger charge is -2.24. The maximum absolute atomic E-state index is 15.3. The molecule has 0 bridgehead atoms. The maximum atomic E-state index is 15.3. The molecule has 192 valence electrons. The smallest absolute Gasteiger partial charge is 0.395 e. The molecular weight excluding hydrogens is 500 g/mol. The fourth-order valence-corrected chi connectivity index (χ4v) is 4.05. The number of rotatable bonds is 9. The predicted octanol–water partition coefficient (Wildman–Crippen LogP) is 0.402. The van der Waals surface area contributed by atoms with Gasteiger partial charge in [-0.25, -0.2) is 14.0 Å². The molecule has 0 aliphatic carbocycles. The fourth-order valence-electron chi connectivity index (χ4n) is 3.31. The number of aromatic nitrogens is 2. The van der Waals surface area contributed by atoms with E-state index in [2.05, 4.69) is 10.7 Å². The Morgan fingerprint density at radius 1 is 1.42 bits per heavy atom. The zero-order valence-electron chi connectivity index (χ0n) is 19.2. The van der Waals surface area contributed by atoms with Crippen LogP contribution in [0.5, 0.6) is 11.5 Å². The molecule has 1 fully saturated rings. The standard InChI is InChI=1S/C22H23FN3O9P/c1-4-11-32-19(29)13(2)25-36(31)35-15-8-6-5-7-14(15)33-12-16-18(28)22(3,23)20(34-16)26-10-9-17(27)24-21(26)30/h1,5-10,13,16,18,20,28H,11-12H2,2-3H3,(H,24,27,30)/t13-,16+,18+,20+,22+/m0/s1. The lowest BCUT2D eigenvalue weighted by atomic mass is 9.98. The van der Waals surface area contributed by atoms with Crippen LogP contribution in [-0.2, 0) is 14.3 Å². The number of nitrogens with one attached hydrogen (secondary N) is 1. The second-order valence-corrected chi connectivity index (χ2v) is 8.72. The molecule has 1 aliphatic heterocycles. The minimum absolute atomic E-state index is 0.00421. The minimum atomic E-state index is -2.71.